The Morgan fingerprint density at radius 2 is 2.06 bits per heavy atom. The second-order valence-corrected chi connectivity index (χ2v) is 5.00. The Labute approximate surface area is 105 Å². The molecule has 0 spiro atoms. The monoisotopic (exact) mass is 248 g/mol. The summed E-state index contributed by atoms with van der Waals surface area (Å²) in [4.78, 5) is 3.81. The summed E-state index contributed by atoms with van der Waals surface area (Å²) in [6.45, 7) is 0.541. The molecule has 0 atom stereocenters. The Kier molecular flexibility index (Phi) is 2.56. The van der Waals surface area contributed by atoms with Crippen LogP contribution in [0.3, 0.4) is 0 Å². The smallest absolute Gasteiger partial charge is 0.215 e. The minimum Gasteiger partial charge on any atom is -0.473 e. The highest BCUT2D eigenvalue weighted by atomic mass is 35.5. The Morgan fingerprint density at radius 1 is 1.29 bits per heavy atom. The Bertz CT molecular complexity index is 505. The van der Waals surface area contributed by atoms with Gasteiger partial charge in [-0.05, 0) is 18.4 Å². The summed E-state index contributed by atoms with van der Waals surface area (Å²) in [5.41, 5.74) is 1.14. The van der Waals surface area contributed by atoms with Gasteiger partial charge in [-0.3, -0.25) is 4.57 Å². The third kappa shape index (κ3) is 2.15. The second kappa shape index (κ2) is 4.08. The molecule has 88 valence electrons. The van der Waals surface area contributed by atoms with Gasteiger partial charge in [0.05, 0.1) is 12.5 Å². The topological polar surface area (TPSA) is 27.1 Å². The summed E-state index contributed by atoms with van der Waals surface area (Å²) >= 11 is 6.34. The predicted molar refractivity (Wildman–Crippen MR) is 66.1 cm³/mol. The molecule has 3 rings (SSSR count). The molecule has 1 aliphatic carbocycles. The molecule has 0 aliphatic heterocycles. The molecular formula is C13H13ClN2O. The van der Waals surface area contributed by atoms with Crippen LogP contribution < -0.4 is 4.74 Å². The highest BCUT2D eigenvalue weighted by molar-refractivity contribution is 6.23. The maximum Gasteiger partial charge on any atom is 0.215 e. The maximum atomic E-state index is 6.34. The van der Waals surface area contributed by atoms with E-state index >= 15 is 0 Å². The zero-order valence-corrected chi connectivity index (χ0v) is 10.1. The van der Waals surface area contributed by atoms with Crippen molar-refractivity contribution >= 4 is 11.6 Å². The van der Waals surface area contributed by atoms with Gasteiger partial charge in [0, 0.05) is 0 Å². The van der Waals surface area contributed by atoms with Crippen LogP contribution in [0.1, 0.15) is 18.4 Å². The quantitative estimate of drug-likeness (QED) is 0.778. The van der Waals surface area contributed by atoms with Crippen LogP contribution in [0.2, 0.25) is 0 Å². The zero-order valence-electron chi connectivity index (χ0n) is 9.34. The zero-order chi connectivity index (χ0) is 11.7. The lowest BCUT2D eigenvalue weighted by atomic mass is 10.2. The van der Waals surface area contributed by atoms with Gasteiger partial charge < -0.3 is 4.74 Å². The summed E-state index contributed by atoms with van der Waals surface area (Å²) in [5, 5.41) is 0. The lowest BCUT2D eigenvalue weighted by molar-refractivity contribution is 0.275. The largest absolute Gasteiger partial charge is 0.473 e. The number of ether oxygens (including phenoxy) is 1. The molecule has 0 radical (unpaired) electrons. The van der Waals surface area contributed by atoms with Crippen molar-refractivity contribution in [1.82, 2.24) is 9.55 Å². The number of benzene rings is 1. The van der Waals surface area contributed by atoms with Crippen LogP contribution in [0.4, 0.5) is 0 Å². The number of imidazole rings is 1. The summed E-state index contributed by atoms with van der Waals surface area (Å²) in [6, 6.07) is 10.1. The van der Waals surface area contributed by atoms with E-state index in [-0.39, 0.29) is 5.00 Å². The molecule has 1 aromatic carbocycles. The molecule has 0 bridgehead atoms. The molecule has 3 nitrogen and oxygen atoms in total. The third-order valence-corrected chi connectivity index (χ3v) is 3.49. The molecule has 1 heterocycles. The van der Waals surface area contributed by atoms with Crippen molar-refractivity contribution in [1.29, 1.82) is 0 Å². The molecule has 1 saturated carbocycles. The van der Waals surface area contributed by atoms with Gasteiger partial charge in [0.25, 0.3) is 0 Å². The number of aromatic nitrogens is 2. The molecule has 0 unspecified atom stereocenters. The van der Waals surface area contributed by atoms with Crippen molar-refractivity contribution in [3.05, 3.63) is 48.4 Å². The van der Waals surface area contributed by atoms with E-state index in [4.69, 9.17) is 16.3 Å². The van der Waals surface area contributed by atoms with Crippen LogP contribution in [-0.4, -0.2) is 9.55 Å². The lowest BCUT2D eigenvalue weighted by Crippen LogP contribution is -2.10. The van der Waals surface area contributed by atoms with Crippen molar-refractivity contribution in [3.8, 4) is 5.88 Å². The van der Waals surface area contributed by atoms with Crippen molar-refractivity contribution in [2.45, 2.75) is 24.4 Å². The first-order chi connectivity index (χ1) is 8.28. The summed E-state index contributed by atoms with van der Waals surface area (Å²) in [6.07, 6.45) is 5.41. The first-order valence-corrected chi connectivity index (χ1v) is 6.04. The van der Waals surface area contributed by atoms with E-state index in [1.807, 2.05) is 34.9 Å². The molecule has 1 aromatic heterocycles. The summed E-state index contributed by atoms with van der Waals surface area (Å²) < 4.78 is 7.66. The van der Waals surface area contributed by atoms with Gasteiger partial charge in [0.15, 0.2) is 0 Å². The molecule has 0 amide bonds. The summed E-state index contributed by atoms with van der Waals surface area (Å²) in [5.74, 6) is 0.737. The summed E-state index contributed by atoms with van der Waals surface area (Å²) in [7, 11) is 0. The van der Waals surface area contributed by atoms with E-state index in [9.17, 15) is 0 Å². The van der Waals surface area contributed by atoms with Crippen molar-refractivity contribution in [2.75, 3.05) is 0 Å². The SMILES string of the molecule is ClC1(n2cncc2OCc2ccccc2)CC1. The normalized spacial score (nSPS) is 16.8. The van der Waals surface area contributed by atoms with Gasteiger partial charge in [0.2, 0.25) is 5.88 Å². The second-order valence-electron chi connectivity index (χ2n) is 4.29. The maximum absolute atomic E-state index is 6.34. The highest BCUT2D eigenvalue weighted by Crippen LogP contribution is 2.49. The number of alkyl halides is 1. The fourth-order valence-electron chi connectivity index (χ4n) is 1.77. The minimum atomic E-state index is -0.289. The molecule has 17 heavy (non-hydrogen) atoms. The predicted octanol–water partition coefficient (Wildman–Crippen LogP) is 3.15. The van der Waals surface area contributed by atoms with Gasteiger partial charge in [-0.15, -0.1) is 0 Å². The Morgan fingerprint density at radius 3 is 2.76 bits per heavy atom. The van der Waals surface area contributed by atoms with Gasteiger partial charge in [0.1, 0.15) is 11.6 Å². The molecule has 1 fully saturated rings. The Balaban J connectivity index is 1.72. The minimum absolute atomic E-state index is 0.289. The van der Waals surface area contributed by atoms with Crippen LogP contribution in [0.5, 0.6) is 5.88 Å². The highest BCUT2D eigenvalue weighted by Gasteiger charge is 2.44. The fourth-order valence-corrected chi connectivity index (χ4v) is 1.99. The van der Waals surface area contributed by atoms with Crippen LogP contribution in [0.25, 0.3) is 0 Å². The van der Waals surface area contributed by atoms with Crippen LogP contribution >= 0.6 is 11.6 Å². The molecule has 0 saturated heterocycles. The number of hydrogen-bond donors (Lipinski definition) is 0. The molecule has 2 aromatic rings. The van der Waals surface area contributed by atoms with Gasteiger partial charge in [-0.1, -0.05) is 41.9 Å². The van der Waals surface area contributed by atoms with Crippen molar-refractivity contribution in [2.24, 2.45) is 0 Å². The average Bonchev–Trinajstić information content (AvgIpc) is 2.94. The van der Waals surface area contributed by atoms with E-state index in [0.29, 0.717) is 6.61 Å². The molecule has 1 aliphatic rings. The van der Waals surface area contributed by atoms with Gasteiger partial charge in [-0.2, -0.15) is 0 Å². The average molecular weight is 249 g/mol. The van der Waals surface area contributed by atoms with E-state index in [1.165, 1.54) is 0 Å². The molecule has 4 heteroatoms. The molecule has 0 N–H and O–H groups in total. The standard InChI is InChI=1S/C13H13ClN2O/c14-13(6-7-13)16-10-15-8-12(16)17-9-11-4-2-1-3-5-11/h1-5,8,10H,6-7,9H2. The Hall–Kier alpha value is -1.48. The van der Waals surface area contributed by atoms with E-state index in [2.05, 4.69) is 4.98 Å². The van der Waals surface area contributed by atoms with E-state index < -0.39 is 0 Å². The number of nitrogens with zero attached hydrogens (tertiary/aromatic N) is 2. The number of halogens is 1. The fraction of sp³-hybridized carbons (Fsp3) is 0.308. The van der Waals surface area contributed by atoms with E-state index in [1.54, 1.807) is 12.5 Å². The van der Waals surface area contributed by atoms with Gasteiger partial charge in [-0.25, -0.2) is 4.98 Å². The lowest BCUT2D eigenvalue weighted by Gasteiger charge is -2.13. The van der Waals surface area contributed by atoms with Crippen molar-refractivity contribution in [3.63, 3.8) is 0 Å². The molecular weight excluding hydrogens is 236 g/mol. The third-order valence-electron chi connectivity index (χ3n) is 2.93. The van der Waals surface area contributed by atoms with Crippen molar-refractivity contribution < 1.29 is 4.74 Å². The van der Waals surface area contributed by atoms with E-state index in [0.717, 1.165) is 24.3 Å². The van der Waals surface area contributed by atoms with Gasteiger partial charge >= 0.3 is 0 Å². The number of rotatable bonds is 4. The first-order valence-electron chi connectivity index (χ1n) is 5.66. The van der Waals surface area contributed by atoms with Crippen LogP contribution in [0.15, 0.2) is 42.9 Å². The van der Waals surface area contributed by atoms with Crippen LogP contribution in [-0.2, 0) is 11.6 Å². The first kappa shape index (κ1) is 10.7. The van der Waals surface area contributed by atoms with Crippen LogP contribution in [0, 0.1) is 0 Å². The number of hydrogen-bond acceptors (Lipinski definition) is 2.